The van der Waals surface area contributed by atoms with Crippen LogP contribution in [0.2, 0.25) is 0 Å². The highest BCUT2D eigenvalue weighted by atomic mass is 79.9. The normalized spacial score (nSPS) is 20.0. The first kappa shape index (κ1) is 15.8. The second-order valence-electron chi connectivity index (χ2n) is 4.98. The van der Waals surface area contributed by atoms with Gasteiger partial charge in [0.1, 0.15) is 0 Å². The topological polar surface area (TPSA) is 81.4 Å². The summed E-state index contributed by atoms with van der Waals surface area (Å²) in [7, 11) is -3.56. The predicted molar refractivity (Wildman–Crippen MR) is 82.1 cm³/mol. The predicted octanol–water partition coefficient (Wildman–Crippen LogP) is 2.19. The molecule has 0 saturated carbocycles. The molecule has 1 heterocycles. The number of sulfonamides is 1. The van der Waals surface area contributed by atoms with Crippen LogP contribution in [0.3, 0.4) is 0 Å². The van der Waals surface area contributed by atoms with Crippen molar-refractivity contribution in [1.82, 2.24) is 4.72 Å². The monoisotopic (exact) mass is 362 g/mol. The molecule has 1 aromatic rings. The Morgan fingerprint density at radius 3 is 2.85 bits per heavy atom. The maximum Gasteiger partial charge on any atom is 0.240 e. The van der Waals surface area contributed by atoms with Crippen LogP contribution < -0.4 is 10.5 Å². The quantitative estimate of drug-likeness (QED) is 0.804. The number of hydrogen-bond acceptors (Lipinski definition) is 4. The van der Waals surface area contributed by atoms with Crippen LogP contribution in [-0.4, -0.2) is 27.7 Å². The Kier molecular flexibility index (Phi) is 5.06. The summed E-state index contributed by atoms with van der Waals surface area (Å²) in [5.74, 6) is 0. The van der Waals surface area contributed by atoms with Gasteiger partial charge in [0.15, 0.2) is 0 Å². The number of anilines is 1. The molecule has 20 heavy (non-hydrogen) atoms. The first-order valence-corrected chi connectivity index (χ1v) is 8.84. The standard InChI is InChI=1S/C13H19BrN2O3S/c1-9-6-11(14)12(15)7-13(9)20(17,18)16-8-10-4-2-3-5-19-10/h6-7,10,16H,2-5,8,15H2,1H3. The first-order valence-electron chi connectivity index (χ1n) is 6.57. The van der Waals surface area contributed by atoms with E-state index in [1.54, 1.807) is 13.0 Å². The summed E-state index contributed by atoms with van der Waals surface area (Å²) in [6, 6.07) is 3.19. The van der Waals surface area contributed by atoms with E-state index >= 15 is 0 Å². The minimum atomic E-state index is -3.56. The van der Waals surface area contributed by atoms with Crippen LogP contribution in [-0.2, 0) is 14.8 Å². The van der Waals surface area contributed by atoms with Crippen LogP contribution >= 0.6 is 15.9 Å². The third-order valence-electron chi connectivity index (χ3n) is 3.36. The Hall–Kier alpha value is -0.630. The number of ether oxygens (including phenoxy) is 1. The maximum atomic E-state index is 12.3. The van der Waals surface area contributed by atoms with Crippen molar-refractivity contribution in [2.24, 2.45) is 0 Å². The van der Waals surface area contributed by atoms with Gasteiger partial charge in [0.05, 0.1) is 11.0 Å². The molecule has 0 aliphatic carbocycles. The van der Waals surface area contributed by atoms with Gasteiger partial charge in [0, 0.05) is 23.3 Å². The summed E-state index contributed by atoms with van der Waals surface area (Å²) < 4.78 is 33.5. The van der Waals surface area contributed by atoms with Crippen LogP contribution in [0.4, 0.5) is 5.69 Å². The molecular formula is C13H19BrN2O3S. The summed E-state index contributed by atoms with van der Waals surface area (Å²) in [4.78, 5) is 0.217. The van der Waals surface area contributed by atoms with Gasteiger partial charge in [-0.3, -0.25) is 0 Å². The van der Waals surface area contributed by atoms with Crippen LogP contribution in [0.1, 0.15) is 24.8 Å². The maximum absolute atomic E-state index is 12.3. The van der Waals surface area contributed by atoms with Crippen LogP contribution in [0.25, 0.3) is 0 Å². The minimum absolute atomic E-state index is 0.0355. The van der Waals surface area contributed by atoms with Crippen molar-refractivity contribution in [3.8, 4) is 0 Å². The number of benzene rings is 1. The van der Waals surface area contributed by atoms with E-state index in [0.717, 1.165) is 19.3 Å². The lowest BCUT2D eigenvalue weighted by Gasteiger charge is -2.23. The summed E-state index contributed by atoms with van der Waals surface area (Å²) in [5.41, 5.74) is 6.82. The van der Waals surface area contributed by atoms with Crippen molar-refractivity contribution in [1.29, 1.82) is 0 Å². The summed E-state index contributed by atoms with van der Waals surface area (Å²) in [6.07, 6.45) is 2.98. The zero-order valence-electron chi connectivity index (χ0n) is 11.4. The zero-order chi connectivity index (χ0) is 14.8. The Balaban J connectivity index is 2.11. The third-order valence-corrected chi connectivity index (χ3v) is 5.61. The number of halogens is 1. The molecule has 1 aliphatic rings. The average molecular weight is 363 g/mol. The van der Waals surface area contributed by atoms with Gasteiger partial charge in [-0.1, -0.05) is 0 Å². The molecule has 7 heteroatoms. The van der Waals surface area contributed by atoms with E-state index in [-0.39, 0.29) is 11.0 Å². The Morgan fingerprint density at radius 1 is 1.45 bits per heavy atom. The van der Waals surface area contributed by atoms with E-state index in [1.165, 1.54) is 6.07 Å². The van der Waals surface area contributed by atoms with Crippen molar-refractivity contribution in [3.05, 3.63) is 22.2 Å². The van der Waals surface area contributed by atoms with E-state index in [2.05, 4.69) is 20.7 Å². The van der Waals surface area contributed by atoms with Crippen LogP contribution in [0.15, 0.2) is 21.5 Å². The van der Waals surface area contributed by atoms with Crippen molar-refractivity contribution < 1.29 is 13.2 Å². The molecule has 0 radical (unpaired) electrons. The van der Waals surface area contributed by atoms with E-state index in [0.29, 0.717) is 28.9 Å². The number of rotatable bonds is 4. The highest BCUT2D eigenvalue weighted by Gasteiger charge is 2.21. The zero-order valence-corrected chi connectivity index (χ0v) is 13.8. The fraction of sp³-hybridized carbons (Fsp3) is 0.538. The smallest absolute Gasteiger partial charge is 0.240 e. The van der Waals surface area contributed by atoms with Gasteiger partial charge in [0.25, 0.3) is 0 Å². The van der Waals surface area contributed by atoms with E-state index in [1.807, 2.05) is 0 Å². The molecule has 0 aromatic heterocycles. The molecule has 1 unspecified atom stereocenters. The number of hydrogen-bond donors (Lipinski definition) is 2. The molecular weight excluding hydrogens is 344 g/mol. The Bertz CT molecular complexity index is 584. The number of aryl methyl sites for hydroxylation is 1. The number of nitrogens with one attached hydrogen (secondary N) is 1. The molecule has 0 amide bonds. The second-order valence-corrected chi connectivity index (χ2v) is 7.57. The first-order chi connectivity index (χ1) is 9.40. The van der Waals surface area contributed by atoms with Crippen molar-refractivity contribution in [2.75, 3.05) is 18.9 Å². The SMILES string of the molecule is Cc1cc(Br)c(N)cc1S(=O)(=O)NCC1CCCCO1. The minimum Gasteiger partial charge on any atom is -0.398 e. The summed E-state index contributed by atoms with van der Waals surface area (Å²) >= 11 is 3.29. The molecule has 0 spiro atoms. The molecule has 1 fully saturated rings. The van der Waals surface area contributed by atoms with Gasteiger partial charge < -0.3 is 10.5 Å². The Morgan fingerprint density at radius 2 is 2.20 bits per heavy atom. The third kappa shape index (κ3) is 3.72. The van der Waals surface area contributed by atoms with Gasteiger partial charge in [0.2, 0.25) is 10.0 Å². The highest BCUT2D eigenvalue weighted by molar-refractivity contribution is 9.10. The fourth-order valence-electron chi connectivity index (χ4n) is 2.21. The summed E-state index contributed by atoms with van der Waals surface area (Å²) in [6.45, 7) is 2.75. The fourth-order valence-corrected chi connectivity index (χ4v) is 3.99. The molecule has 0 bridgehead atoms. The summed E-state index contributed by atoms with van der Waals surface area (Å²) in [5, 5.41) is 0. The van der Waals surface area contributed by atoms with Crippen LogP contribution in [0.5, 0.6) is 0 Å². The number of nitrogens with two attached hydrogens (primary N) is 1. The molecule has 1 atom stereocenters. The molecule has 2 rings (SSSR count). The van der Waals surface area contributed by atoms with Gasteiger partial charge in [-0.05, 0) is 59.8 Å². The number of nitrogen functional groups attached to an aromatic ring is 1. The molecule has 1 aromatic carbocycles. The van der Waals surface area contributed by atoms with Crippen molar-refractivity contribution >= 4 is 31.6 Å². The largest absolute Gasteiger partial charge is 0.398 e. The van der Waals surface area contributed by atoms with Gasteiger partial charge in [-0.25, -0.2) is 13.1 Å². The van der Waals surface area contributed by atoms with E-state index in [4.69, 9.17) is 10.5 Å². The molecule has 3 N–H and O–H groups in total. The lowest BCUT2D eigenvalue weighted by molar-refractivity contribution is 0.0200. The molecule has 5 nitrogen and oxygen atoms in total. The molecule has 1 saturated heterocycles. The lowest BCUT2D eigenvalue weighted by atomic mass is 10.1. The highest BCUT2D eigenvalue weighted by Crippen LogP contribution is 2.26. The lowest BCUT2D eigenvalue weighted by Crippen LogP contribution is -2.35. The second kappa shape index (κ2) is 6.43. The van der Waals surface area contributed by atoms with Gasteiger partial charge in [-0.2, -0.15) is 0 Å². The average Bonchev–Trinajstić information content (AvgIpc) is 2.42. The van der Waals surface area contributed by atoms with E-state index in [9.17, 15) is 8.42 Å². The van der Waals surface area contributed by atoms with Crippen molar-refractivity contribution in [2.45, 2.75) is 37.2 Å². The van der Waals surface area contributed by atoms with Gasteiger partial charge >= 0.3 is 0 Å². The van der Waals surface area contributed by atoms with Gasteiger partial charge in [-0.15, -0.1) is 0 Å². The Labute approximate surface area is 128 Å². The van der Waals surface area contributed by atoms with E-state index < -0.39 is 10.0 Å². The molecule has 1 aliphatic heterocycles. The van der Waals surface area contributed by atoms with Crippen LogP contribution in [0, 0.1) is 6.92 Å². The molecule has 112 valence electrons. The van der Waals surface area contributed by atoms with Crippen molar-refractivity contribution in [3.63, 3.8) is 0 Å².